The van der Waals surface area contributed by atoms with Gasteiger partial charge in [-0.3, -0.25) is 13.9 Å². The molecule has 0 aliphatic heterocycles. The lowest BCUT2D eigenvalue weighted by Gasteiger charge is -2.42. The molecule has 2 fully saturated rings. The van der Waals surface area contributed by atoms with Crippen molar-refractivity contribution >= 4 is 0 Å². The van der Waals surface area contributed by atoms with Crippen LogP contribution in [0.4, 0.5) is 13.2 Å². The van der Waals surface area contributed by atoms with Crippen molar-refractivity contribution in [1.29, 1.82) is 0 Å². The molecule has 6 atom stereocenters. The van der Waals surface area contributed by atoms with Gasteiger partial charge in [0.15, 0.2) is 0 Å². The molecular formula is C28H29F3N2O4. The molecule has 0 N–H and O–H groups in total. The second kappa shape index (κ2) is 11.1. The number of benzene rings is 2. The maximum atomic E-state index is 15.0. The van der Waals surface area contributed by atoms with E-state index in [9.17, 15) is 22.8 Å². The summed E-state index contributed by atoms with van der Waals surface area (Å²) in [6, 6.07) is 16.9. The first kappa shape index (κ1) is 25.5. The van der Waals surface area contributed by atoms with Crippen LogP contribution in [-0.2, 0) is 22.7 Å². The first-order valence-corrected chi connectivity index (χ1v) is 12.5. The third kappa shape index (κ3) is 5.29. The summed E-state index contributed by atoms with van der Waals surface area (Å²) in [6.45, 7) is 0.926. The normalized spacial score (nSPS) is 26.9. The number of rotatable bonds is 10. The van der Waals surface area contributed by atoms with Gasteiger partial charge in [0.1, 0.15) is 12.3 Å². The van der Waals surface area contributed by atoms with E-state index in [0.717, 1.165) is 21.9 Å². The lowest BCUT2D eigenvalue weighted by Crippen LogP contribution is -2.55. The van der Waals surface area contributed by atoms with E-state index in [1.165, 1.54) is 0 Å². The maximum absolute atomic E-state index is 15.0. The second-order valence-electron chi connectivity index (χ2n) is 9.86. The smallest absolute Gasteiger partial charge is 0.331 e. The third-order valence-corrected chi connectivity index (χ3v) is 7.40. The van der Waals surface area contributed by atoms with Crippen molar-refractivity contribution in [2.24, 2.45) is 11.8 Å². The van der Waals surface area contributed by atoms with Gasteiger partial charge in [-0.2, -0.15) is 4.39 Å². The molecule has 6 unspecified atom stereocenters. The molecule has 2 saturated carbocycles. The molecule has 6 nitrogen and oxygen atoms in total. The molecule has 2 aliphatic rings. The Kier molecular flexibility index (Phi) is 7.62. The number of nitrogens with zero attached hydrogens (tertiary/aromatic N) is 2. The van der Waals surface area contributed by atoms with Crippen LogP contribution in [0.1, 0.15) is 36.1 Å². The Morgan fingerprint density at radius 2 is 1.24 bits per heavy atom. The number of hydrogen-bond acceptors (Lipinski definition) is 4. The molecule has 2 aromatic carbocycles. The van der Waals surface area contributed by atoms with Gasteiger partial charge in [-0.1, -0.05) is 60.7 Å². The molecule has 196 valence electrons. The highest BCUT2D eigenvalue weighted by Gasteiger charge is 2.47. The van der Waals surface area contributed by atoms with Gasteiger partial charge in [-0.25, -0.2) is 13.6 Å². The summed E-state index contributed by atoms with van der Waals surface area (Å²) in [5, 5.41) is 0. The highest BCUT2D eigenvalue weighted by atomic mass is 19.1. The monoisotopic (exact) mass is 514 g/mol. The molecule has 1 heterocycles. The largest absolute Gasteiger partial charge is 0.376 e. The maximum Gasteiger partial charge on any atom is 0.331 e. The Bertz CT molecular complexity index is 1310. The molecule has 5 rings (SSSR count). The molecule has 3 aromatic rings. The minimum Gasteiger partial charge on any atom is -0.376 e. The first-order chi connectivity index (χ1) is 17.9. The van der Waals surface area contributed by atoms with Gasteiger partial charge in [0.25, 0.3) is 5.56 Å². The van der Waals surface area contributed by atoms with Crippen LogP contribution in [0.2, 0.25) is 0 Å². The molecule has 37 heavy (non-hydrogen) atoms. The lowest BCUT2D eigenvalue weighted by molar-refractivity contribution is -0.0407. The van der Waals surface area contributed by atoms with Crippen LogP contribution in [0.5, 0.6) is 0 Å². The fraction of sp³-hybridized carbons (Fsp3) is 0.429. The zero-order valence-electron chi connectivity index (χ0n) is 20.2. The van der Waals surface area contributed by atoms with Gasteiger partial charge in [-0.05, 0) is 24.0 Å². The summed E-state index contributed by atoms with van der Waals surface area (Å²) in [4.78, 5) is 25.5. The van der Waals surface area contributed by atoms with E-state index in [4.69, 9.17) is 9.47 Å². The van der Waals surface area contributed by atoms with E-state index in [2.05, 4.69) is 0 Å². The Labute approximate surface area is 212 Å². The zero-order chi connectivity index (χ0) is 25.9. The number of ether oxygens (including phenoxy) is 2. The van der Waals surface area contributed by atoms with Crippen LogP contribution in [0, 0.1) is 17.7 Å². The molecule has 0 saturated heterocycles. The summed E-state index contributed by atoms with van der Waals surface area (Å²) in [7, 11) is 0. The fourth-order valence-corrected chi connectivity index (χ4v) is 5.11. The van der Waals surface area contributed by atoms with Gasteiger partial charge in [-0.15, -0.1) is 0 Å². The number of aromatic nitrogens is 2. The molecule has 0 radical (unpaired) electrons. The van der Waals surface area contributed by atoms with Crippen molar-refractivity contribution in [2.75, 3.05) is 13.2 Å². The van der Waals surface area contributed by atoms with Crippen LogP contribution in [0.25, 0.3) is 0 Å². The third-order valence-electron chi connectivity index (χ3n) is 7.40. The molecular weight excluding hydrogens is 485 g/mol. The van der Waals surface area contributed by atoms with Crippen molar-refractivity contribution in [2.45, 2.75) is 50.5 Å². The van der Waals surface area contributed by atoms with Crippen LogP contribution in [0.15, 0.2) is 76.4 Å². The highest BCUT2D eigenvalue weighted by Crippen LogP contribution is 2.42. The van der Waals surface area contributed by atoms with Gasteiger partial charge in [0.2, 0.25) is 5.82 Å². The minimum absolute atomic E-state index is 0.116. The van der Waals surface area contributed by atoms with Gasteiger partial charge in [0.05, 0.1) is 44.7 Å². The summed E-state index contributed by atoms with van der Waals surface area (Å²) in [5.74, 6) is -2.17. The van der Waals surface area contributed by atoms with E-state index in [-0.39, 0.29) is 26.1 Å². The predicted octanol–water partition coefficient (Wildman–Crippen LogP) is 4.38. The van der Waals surface area contributed by atoms with Crippen molar-refractivity contribution in [3.05, 3.63) is 105 Å². The SMILES string of the molecule is O=c1c(F)cn(C2CC(COCc3ccccc3)C2F)c(=O)n1C1CC(COCc2ccccc2)C1F. The fourth-order valence-electron chi connectivity index (χ4n) is 5.11. The van der Waals surface area contributed by atoms with Crippen molar-refractivity contribution in [3.8, 4) is 0 Å². The molecule has 0 amide bonds. The Morgan fingerprint density at radius 1 is 0.757 bits per heavy atom. The quantitative estimate of drug-likeness (QED) is 0.403. The van der Waals surface area contributed by atoms with Crippen LogP contribution < -0.4 is 11.2 Å². The van der Waals surface area contributed by atoms with Crippen molar-refractivity contribution in [1.82, 2.24) is 9.13 Å². The van der Waals surface area contributed by atoms with Crippen molar-refractivity contribution in [3.63, 3.8) is 0 Å². The van der Waals surface area contributed by atoms with E-state index < -0.39 is 53.3 Å². The predicted molar refractivity (Wildman–Crippen MR) is 131 cm³/mol. The van der Waals surface area contributed by atoms with Gasteiger partial charge < -0.3 is 9.47 Å². The molecule has 2 aliphatic carbocycles. The molecule has 0 spiro atoms. The van der Waals surface area contributed by atoms with E-state index in [0.29, 0.717) is 17.8 Å². The number of halogens is 3. The Morgan fingerprint density at radius 3 is 1.73 bits per heavy atom. The number of alkyl halides is 2. The average Bonchev–Trinajstić information content (AvgIpc) is 2.92. The summed E-state index contributed by atoms with van der Waals surface area (Å²) in [5.41, 5.74) is -0.165. The van der Waals surface area contributed by atoms with Gasteiger partial charge >= 0.3 is 5.69 Å². The molecule has 9 heteroatoms. The second-order valence-corrected chi connectivity index (χ2v) is 9.86. The lowest BCUT2D eigenvalue weighted by atomic mass is 9.78. The molecule has 0 bridgehead atoms. The topological polar surface area (TPSA) is 62.5 Å². The zero-order valence-corrected chi connectivity index (χ0v) is 20.2. The standard InChI is InChI=1S/C28H29F3N2O4/c29-22-13-32(23-11-20(25(23)30)16-36-14-18-7-3-1-4-8-18)28(35)33(27(22)34)24-12-21(26(24)31)17-37-15-19-9-5-2-6-10-19/h1-10,13,20-21,23-26H,11-12,14-17H2. The minimum atomic E-state index is -1.54. The van der Waals surface area contributed by atoms with Crippen LogP contribution in [0.3, 0.4) is 0 Å². The Balaban J connectivity index is 1.19. The number of hydrogen-bond donors (Lipinski definition) is 0. The van der Waals surface area contributed by atoms with Crippen LogP contribution in [-0.4, -0.2) is 34.7 Å². The summed E-state index contributed by atoms with van der Waals surface area (Å²) >= 11 is 0. The van der Waals surface area contributed by atoms with E-state index in [1.807, 2.05) is 60.7 Å². The van der Waals surface area contributed by atoms with Crippen molar-refractivity contribution < 1.29 is 22.6 Å². The Hall–Kier alpha value is -3.17. The molecule has 1 aromatic heterocycles. The van der Waals surface area contributed by atoms with Crippen LogP contribution >= 0.6 is 0 Å². The van der Waals surface area contributed by atoms with E-state index >= 15 is 0 Å². The summed E-state index contributed by atoms with van der Waals surface area (Å²) < 4.78 is 57.2. The summed E-state index contributed by atoms with van der Waals surface area (Å²) in [6.07, 6.45) is -1.83. The average molecular weight is 515 g/mol. The first-order valence-electron chi connectivity index (χ1n) is 12.5. The van der Waals surface area contributed by atoms with E-state index in [1.54, 1.807) is 0 Å². The highest BCUT2D eigenvalue weighted by molar-refractivity contribution is 5.14. The van der Waals surface area contributed by atoms with Gasteiger partial charge in [0, 0.05) is 11.8 Å².